The highest BCUT2D eigenvalue weighted by atomic mass is 19.1. The Balaban J connectivity index is 1.25. The van der Waals surface area contributed by atoms with E-state index in [1.807, 2.05) is 78.9 Å². The van der Waals surface area contributed by atoms with Gasteiger partial charge < -0.3 is 9.73 Å². The van der Waals surface area contributed by atoms with Crippen molar-refractivity contribution in [3.63, 3.8) is 0 Å². The zero-order valence-corrected chi connectivity index (χ0v) is 22.9. The van der Waals surface area contributed by atoms with E-state index in [-0.39, 0.29) is 16.4 Å². The molecule has 6 aromatic rings. The van der Waals surface area contributed by atoms with Crippen LogP contribution >= 0.6 is 0 Å². The Morgan fingerprint density at radius 2 is 1.40 bits per heavy atom. The number of furan rings is 1. The van der Waals surface area contributed by atoms with Crippen molar-refractivity contribution in [2.45, 2.75) is 19.3 Å². The fourth-order valence-corrected chi connectivity index (χ4v) is 5.37. The van der Waals surface area contributed by atoms with Crippen LogP contribution in [0.2, 0.25) is 0 Å². The van der Waals surface area contributed by atoms with E-state index >= 15 is 4.39 Å². The van der Waals surface area contributed by atoms with E-state index in [0.29, 0.717) is 35.4 Å². The monoisotopic (exact) mass is 556 g/mol. The molecule has 0 aliphatic rings. The molecule has 6 rings (SSSR count). The van der Waals surface area contributed by atoms with Gasteiger partial charge in [0.25, 0.3) is 5.69 Å². The lowest BCUT2D eigenvalue weighted by Gasteiger charge is -2.10. The quantitative estimate of drug-likeness (QED) is 0.104. The average Bonchev–Trinajstić information content (AvgIpc) is 3.39. The number of benzene rings is 5. The van der Waals surface area contributed by atoms with Crippen molar-refractivity contribution in [2.75, 3.05) is 11.9 Å². The average molecular weight is 557 g/mol. The molecule has 42 heavy (non-hydrogen) atoms. The molecule has 1 heterocycles. The highest BCUT2D eigenvalue weighted by Crippen LogP contribution is 2.39. The summed E-state index contributed by atoms with van der Waals surface area (Å²) in [6, 6.07) is 37.9. The van der Waals surface area contributed by atoms with Crippen LogP contribution in [0.15, 0.2) is 126 Å². The molecule has 5 nitrogen and oxygen atoms in total. The van der Waals surface area contributed by atoms with Gasteiger partial charge >= 0.3 is 0 Å². The van der Waals surface area contributed by atoms with E-state index < -0.39 is 0 Å². The molecule has 0 amide bonds. The van der Waals surface area contributed by atoms with Crippen LogP contribution in [0, 0.1) is 15.9 Å². The molecule has 0 bridgehead atoms. The van der Waals surface area contributed by atoms with Crippen molar-refractivity contribution < 1.29 is 13.7 Å². The number of fused-ring (bicyclic) bond motifs is 1. The van der Waals surface area contributed by atoms with Crippen LogP contribution in [0.4, 0.5) is 15.8 Å². The number of halogens is 1. The summed E-state index contributed by atoms with van der Waals surface area (Å²) in [5.41, 5.74) is 6.44. The van der Waals surface area contributed by atoms with Gasteiger partial charge in [0.15, 0.2) is 0 Å². The minimum Gasteiger partial charge on any atom is -0.460 e. The third-order valence-corrected chi connectivity index (χ3v) is 7.45. The summed E-state index contributed by atoms with van der Waals surface area (Å²) in [5.74, 6) is 0.351. The second-order valence-corrected chi connectivity index (χ2v) is 10.3. The number of nitro groups is 1. The van der Waals surface area contributed by atoms with Crippen LogP contribution in [-0.4, -0.2) is 11.5 Å². The zero-order chi connectivity index (χ0) is 28.9. The Kier molecular flexibility index (Phi) is 7.77. The lowest BCUT2D eigenvalue weighted by atomic mass is 9.96. The van der Waals surface area contributed by atoms with Gasteiger partial charge in [0.2, 0.25) is 0 Å². The lowest BCUT2D eigenvalue weighted by Crippen LogP contribution is -2.05. The summed E-state index contributed by atoms with van der Waals surface area (Å²) in [7, 11) is 0. The van der Waals surface area contributed by atoms with Gasteiger partial charge in [-0.15, -0.1) is 0 Å². The fourth-order valence-electron chi connectivity index (χ4n) is 5.37. The van der Waals surface area contributed by atoms with Crippen LogP contribution in [0.5, 0.6) is 0 Å². The molecule has 5 aromatic carbocycles. The van der Waals surface area contributed by atoms with Crippen LogP contribution in [0.3, 0.4) is 0 Å². The van der Waals surface area contributed by atoms with Gasteiger partial charge in [0.1, 0.15) is 22.8 Å². The lowest BCUT2D eigenvalue weighted by molar-refractivity contribution is -0.383. The SMILES string of the molecule is O=[N+]([O-])c1cc(-c2ccc(-c3c(Cc4ccccc4)oc4cccc(F)c34)cc2)ccc1NCCCc1ccccc1. The van der Waals surface area contributed by atoms with Crippen LogP contribution in [0.1, 0.15) is 23.3 Å². The van der Waals surface area contributed by atoms with Gasteiger partial charge in [-0.3, -0.25) is 10.1 Å². The highest BCUT2D eigenvalue weighted by Gasteiger charge is 2.20. The van der Waals surface area contributed by atoms with Crippen LogP contribution in [0.25, 0.3) is 33.2 Å². The number of nitrogens with zero attached hydrogens (tertiary/aromatic N) is 1. The topological polar surface area (TPSA) is 68.3 Å². The molecule has 0 saturated carbocycles. The van der Waals surface area contributed by atoms with Crippen molar-refractivity contribution >= 4 is 22.3 Å². The third kappa shape index (κ3) is 5.79. The molecule has 0 aliphatic carbocycles. The van der Waals surface area contributed by atoms with Gasteiger partial charge in [-0.2, -0.15) is 0 Å². The van der Waals surface area contributed by atoms with Gasteiger partial charge in [0, 0.05) is 24.6 Å². The van der Waals surface area contributed by atoms with Gasteiger partial charge in [-0.25, -0.2) is 4.39 Å². The molecule has 0 spiro atoms. The Morgan fingerprint density at radius 1 is 0.738 bits per heavy atom. The smallest absolute Gasteiger partial charge is 0.292 e. The molecule has 208 valence electrons. The standard InChI is InChI=1S/C36H29FN2O3/c37-30-14-7-15-33-36(30)35(34(42-33)23-26-11-5-2-6-12-26)28-18-16-27(17-19-28)29-20-21-31(32(24-29)39(40)41)38-22-8-13-25-9-3-1-4-10-25/h1-7,9-12,14-21,24,38H,8,13,22-23H2. The molecule has 0 fully saturated rings. The number of hydrogen-bond acceptors (Lipinski definition) is 4. The van der Waals surface area contributed by atoms with Crippen molar-refractivity contribution in [1.82, 2.24) is 0 Å². The second-order valence-electron chi connectivity index (χ2n) is 10.3. The van der Waals surface area contributed by atoms with Gasteiger partial charge in [0.05, 0.1) is 10.3 Å². The van der Waals surface area contributed by atoms with E-state index in [1.54, 1.807) is 24.3 Å². The number of aryl methyl sites for hydroxylation is 1. The molecule has 0 atom stereocenters. The molecule has 0 radical (unpaired) electrons. The molecule has 6 heteroatoms. The molecule has 0 aliphatic heterocycles. The predicted molar refractivity (Wildman–Crippen MR) is 166 cm³/mol. The first-order valence-electron chi connectivity index (χ1n) is 14.0. The first-order chi connectivity index (χ1) is 20.6. The van der Waals surface area contributed by atoms with E-state index in [0.717, 1.165) is 40.7 Å². The number of hydrogen-bond donors (Lipinski definition) is 1. The Bertz CT molecular complexity index is 1830. The normalized spacial score (nSPS) is 11.1. The van der Waals surface area contributed by atoms with E-state index in [9.17, 15) is 10.1 Å². The molecule has 0 unspecified atom stereocenters. The molecular formula is C36H29FN2O3. The summed E-state index contributed by atoms with van der Waals surface area (Å²) in [6.07, 6.45) is 2.28. The van der Waals surface area contributed by atoms with E-state index in [2.05, 4.69) is 17.4 Å². The minimum absolute atomic E-state index is 0.0318. The maximum atomic E-state index is 15.1. The summed E-state index contributed by atoms with van der Waals surface area (Å²) in [5, 5.41) is 15.6. The summed E-state index contributed by atoms with van der Waals surface area (Å²) in [6.45, 7) is 0.629. The number of rotatable bonds is 10. The van der Waals surface area contributed by atoms with Gasteiger partial charge in [-0.05, 0) is 58.9 Å². The maximum absolute atomic E-state index is 15.1. The molecule has 1 aromatic heterocycles. The Labute approximate surface area is 243 Å². The fraction of sp³-hybridized carbons (Fsp3) is 0.111. The van der Waals surface area contributed by atoms with Crippen molar-refractivity contribution in [3.8, 4) is 22.3 Å². The first kappa shape index (κ1) is 27.0. The van der Waals surface area contributed by atoms with E-state index in [1.165, 1.54) is 11.6 Å². The van der Waals surface area contributed by atoms with Crippen molar-refractivity contribution in [2.24, 2.45) is 0 Å². The van der Waals surface area contributed by atoms with Crippen molar-refractivity contribution in [1.29, 1.82) is 0 Å². The maximum Gasteiger partial charge on any atom is 0.292 e. The first-order valence-corrected chi connectivity index (χ1v) is 14.0. The number of anilines is 1. The Hall–Kier alpha value is -5.23. The molecular weight excluding hydrogens is 527 g/mol. The molecule has 0 saturated heterocycles. The zero-order valence-electron chi connectivity index (χ0n) is 22.9. The predicted octanol–water partition coefficient (Wildman–Crippen LogP) is 9.45. The van der Waals surface area contributed by atoms with Crippen molar-refractivity contribution in [3.05, 3.63) is 154 Å². The van der Waals surface area contributed by atoms with E-state index in [4.69, 9.17) is 4.42 Å². The summed E-state index contributed by atoms with van der Waals surface area (Å²) >= 11 is 0. The highest BCUT2D eigenvalue weighted by molar-refractivity contribution is 5.96. The Morgan fingerprint density at radius 3 is 2.12 bits per heavy atom. The number of nitrogens with one attached hydrogen (secondary N) is 1. The van der Waals surface area contributed by atoms with Gasteiger partial charge in [-0.1, -0.05) is 97.1 Å². The second kappa shape index (κ2) is 12.1. The summed E-state index contributed by atoms with van der Waals surface area (Å²) in [4.78, 5) is 11.6. The minimum atomic E-state index is -0.354. The largest absolute Gasteiger partial charge is 0.460 e. The van der Waals surface area contributed by atoms with Crippen LogP contribution in [-0.2, 0) is 12.8 Å². The third-order valence-electron chi connectivity index (χ3n) is 7.45. The molecule has 1 N–H and O–H groups in total. The number of nitro benzene ring substituents is 1. The van der Waals surface area contributed by atoms with Crippen LogP contribution < -0.4 is 5.32 Å². The summed E-state index contributed by atoms with van der Waals surface area (Å²) < 4.78 is 21.2.